The van der Waals surface area contributed by atoms with Gasteiger partial charge in [-0.1, -0.05) is 11.3 Å². The van der Waals surface area contributed by atoms with Gasteiger partial charge in [-0.25, -0.2) is 9.78 Å². The first-order valence-corrected chi connectivity index (χ1v) is 6.31. The monoisotopic (exact) mass is 304 g/mol. The number of carbonyl (C=O) groups is 1. The molecule has 2 aromatic rings. The topological polar surface area (TPSA) is 76.2 Å². The van der Waals surface area contributed by atoms with Crippen molar-refractivity contribution in [2.24, 2.45) is 0 Å². The van der Waals surface area contributed by atoms with E-state index in [0.717, 1.165) is 9.35 Å². The molecule has 2 heterocycles. The highest BCUT2D eigenvalue weighted by Gasteiger charge is 2.17. The van der Waals surface area contributed by atoms with Gasteiger partial charge in [-0.05, 0) is 27.4 Å². The first-order valence-electron chi connectivity index (χ1n) is 3.82. The molecule has 0 saturated heterocycles. The summed E-state index contributed by atoms with van der Waals surface area (Å²) >= 11 is 6.03. The van der Waals surface area contributed by atoms with Gasteiger partial charge in [-0.3, -0.25) is 0 Å². The van der Waals surface area contributed by atoms with Crippen molar-refractivity contribution < 1.29 is 9.90 Å². The van der Waals surface area contributed by atoms with E-state index in [0.29, 0.717) is 5.01 Å². The number of hydrogen-bond donors (Lipinski definition) is 2. The molecule has 0 fully saturated rings. The molecule has 7 heteroatoms. The molecule has 0 aliphatic carbocycles. The summed E-state index contributed by atoms with van der Waals surface area (Å²) < 4.78 is 0.901. The van der Waals surface area contributed by atoms with Crippen molar-refractivity contribution >= 4 is 49.6 Å². The molecule has 0 atom stereocenters. The van der Waals surface area contributed by atoms with Crippen LogP contribution in [0.4, 0.5) is 5.00 Å². The Kier molecular flexibility index (Phi) is 2.76. The molecule has 0 aromatic carbocycles. The van der Waals surface area contributed by atoms with E-state index < -0.39 is 5.97 Å². The molecule has 2 aromatic heterocycles. The number of nitrogens with two attached hydrogens (primary N) is 1. The maximum Gasteiger partial charge on any atom is 0.357 e. The number of anilines is 1. The van der Waals surface area contributed by atoms with E-state index in [9.17, 15) is 4.79 Å². The van der Waals surface area contributed by atoms with Crippen molar-refractivity contribution in [2.75, 3.05) is 5.73 Å². The number of thiophene rings is 1. The largest absolute Gasteiger partial charge is 0.476 e. The van der Waals surface area contributed by atoms with Crippen LogP contribution in [0.15, 0.2) is 15.9 Å². The Balaban J connectivity index is 2.52. The number of carboxylic acids is 1. The summed E-state index contributed by atoms with van der Waals surface area (Å²) in [6.45, 7) is 0. The van der Waals surface area contributed by atoms with E-state index in [1.54, 1.807) is 0 Å². The van der Waals surface area contributed by atoms with Crippen molar-refractivity contribution in [1.29, 1.82) is 0 Å². The number of nitrogens with zero attached hydrogens (tertiary/aromatic N) is 1. The molecule has 0 spiro atoms. The predicted molar refractivity (Wildman–Crippen MR) is 64.5 cm³/mol. The van der Waals surface area contributed by atoms with Gasteiger partial charge in [0, 0.05) is 4.47 Å². The number of carboxylic acid groups (broad SMARTS) is 1. The quantitative estimate of drug-likeness (QED) is 0.894. The van der Waals surface area contributed by atoms with Crippen LogP contribution in [0.2, 0.25) is 0 Å². The van der Waals surface area contributed by atoms with E-state index in [1.807, 2.05) is 11.4 Å². The van der Waals surface area contributed by atoms with Gasteiger partial charge in [-0.15, -0.1) is 11.3 Å². The number of aromatic carboxylic acids is 1. The Hall–Kier alpha value is -0.920. The number of aromatic nitrogens is 1. The van der Waals surface area contributed by atoms with E-state index in [1.165, 1.54) is 22.7 Å². The van der Waals surface area contributed by atoms with Crippen molar-refractivity contribution in [3.8, 4) is 9.88 Å². The number of rotatable bonds is 2. The second-order valence-corrected chi connectivity index (χ2v) is 5.44. The summed E-state index contributed by atoms with van der Waals surface area (Å²) in [6, 6.07) is 1.89. The summed E-state index contributed by atoms with van der Waals surface area (Å²) in [5.41, 5.74) is 5.49. The lowest BCUT2D eigenvalue weighted by Gasteiger charge is -1.89. The van der Waals surface area contributed by atoms with Gasteiger partial charge in [0.2, 0.25) is 0 Å². The van der Waals surface area contributed by atoms with Gasteiger partial charge in [-0.2, -0.15) is 0 Å². The Labute approximate surface area is 102 Å². The molecule has 0 bridgehead atoms. The van der Waals surface area contributed by atoms with Crippen LogP contribution in [0, 0.1) is 0 Å². The van der Waals surface area contributed by atoms with Crippen molar-refractivity contribution in [2.45, 2.75) is 0 Å². The summed E-state index contributed by atoms with van der Waals surface area (Å²) in [4.78, 5) is 15.6. The molecule has 0 unspecified atom stereocenters. The first kappa shape index (κ1) is 10.6. The lowest BCUT2D eigenvalue weighted by Crippen LogP contribution is -2.00. The van der Waals surface area contributed by atoms with Gasteiger partial charge in [0.05, 0.1) is 4.88 Å². The molecule has 0 aliphatic heterocycles. The predicted octanol–water partition coefficient (Wildman–Crippen LogP) is 2.91. The van der Waals surface area contributed by atoms with Gasteiger partial charge >= 0.3 is 5.97 Å². The van der Waals surface area contributed by atoms with Gasteiger partial charge in [0.1, 0.15) is 10.0 Å². The Bertz CT molecular complexity index is 520. The normalized spacial score (nSPS) is 10.5. The average Bonchev–Trinajstić information content (AvgIpc) is 2.71. The van der Waals surface area contributed by atoms with Gasteiger partial charge < -0.3 is 10.8 Å². The van der Waals surface area contributed by atoms with Crippen molar-refractivity contribution in [1.82, 2.24) is 4.98 Å². The van der Waals surface area contributed by atoms with Crippen LogP contribution in [0.25, 0.3) is 9.88 Å². The minimum absolute atomic E-state index is 0.0738. The van der Waals surface area contributed by atoms with Crippen molar-refractivity contribution in [3.63, 3.8) is 0 Å². The molecular weight excluding hydrogens is 300 g/mol. The standard InChI is InChI=1S/C8H5BrN2O2S2/c9-3-1-2-14-5(3)7-11-4(8(12)13)6(10)15-7/h1-2H,10H2,(H,12,13). The Morgan fingerprint density at radius 3 is 2.80 bits per heavy atom. The molecule has 0 radical (unpaired) electrons. The van der Waals surface area contributed by atoms with E-state index in [4.69, 9.17) is 10.8 Å². The fraction of sp³-hybridized carbons (Fsp3) is 0. The fourth-order valence-corrected chi connectivity index (χ4v) is 3.65. The maximum absolute atomic E-state index is 10.7. The second kappa shape index (κ2) is 3.92. The summed E-state index contributed by atoms with van der Waals surface area (Å²) in [5.74, 6) is -1.09. The number of hydrogen-bond acceptors (Lipinski definition) is 5. The van der Waals surface area contributed by atoms with Gasteiger partial charge in [0.25, 0.3) is 0 Å². The summed E-state index contributed by atoms with van der Waals surface area (Å²) in [7, 11) is 0. The zero-order chi connectivity index (χ0) is 11.0. The SMILES string of the molecule is Nc1sc(-c2sccc2Br)nc1C(=O)O. The molecule has 78 valence electrons. The van der Waals surface area contributed by atoms with Gasteiger partial charge in [0.15, 0.2) is 5.69 Å². The summed E-state index contributed by atoms with van der Waals surface area (Å²) in [6.07, 6.45) is 0. The highest BCUT2D eigenvalue weighted by molar-refractivity contribution is 9.10. The Morgan fingerprint density at radius 2 is 2.33 bits per heavy atom. The minimum atomic E-state index is -1.09. The highest BCUT2D eigenvalue weighted by Crippen LogP contribution is 2.38. The molecule has 0 aliphatic rings. The summed E-state index contributed by atoms with van der Waals surface area (Å²) in [5, 5.41) is 11.6. The lowest BCUT2D eigenvalue weighted by molar-refractivity contribution is 0.0692. The number of nitrogen functional groups attached to an aromatic ring is 1. The van der Waals surface area contributed by atoms with Crippen LogP contribution >= 0.6 is 38.6 Å². The van der Waals surface area contributed by atoms with E-state index >= 15 is 0 Å². The third kappa shape index (κ3) is 1.90. The smallest absolute Gasteiger partial charge is 0.357 e. The zero-order valence-corrected chi connectivity index (χ0v) is 10.4. The molecule has 0 amide bonds. The fourth-order valence-electron chi connectivity index (χ4n) is 1.03. The second-order valence-electron chi connectivity index (χ2n) is 2.63. The van der Waals surface area contributed by atoms with Crippen LogP contribution in [0.3, 0.4) is 0 Å². The van der Waals surface area contributed by atoms with Crippen LogP contribution in [0.5, 0.6) is 0 Å². The highest BCUT2D eigenvalue weighted by atomic mass is 79.9. The van der Waals surface area contributed by atoms with E-state index in [2.05, 4.69) is 20.9 Å². The molecule has 4 nitrogen and oxygen atoms in total. The minimum Gasteiger partial charge on any atom is -0.476 e. The van der Waals surface area contributed by atoms with E-state index in [-0.39, 0.29) is 10.7 Å². The van der Waals surface area contributed by atoms with Crippen LogP contribution in [0.1, 0.15) is 10.5 Å². The molecular formula is C8H5BrN2O2S2. The zero-order valence-electron chi connectivity index (χ0n) is 7.23. The number of halogens is 1. The van der Waals surface area contributed by atoms with Crippen LogP contribution < -0.4 is 5.73 Å². The molecule has 3 N–H and O–H groups in total. The Morgan fingerprint density at radius 1 is 1.60 bits per heavy atom. The lowest BCUT2D eigenvalue weighted by atomic mass is 10.4. The first-order chi connectivity index (χ1) is 7.09. The van der Waals surface area contributed by atoms with Crippen LogP contribution in [-0.2, 0) is 0 Å². The van der Waals surface area contributed by atoms with Crippen molar-refractivity contribution in [3.05, 3.63) is 21.6 Å². The molecule has 0 saturated carbocycles. The maximum atomic E-state index is 10.7. The van der Waals surface area contributed by atoms with Crippen LogP contribution in [-0.4, -0.2) is 16.1 Å². The molecule has 15 heavy (non-hydrogen) atoms. The third-order valence-corrected chi connectivity index (χ3v) is 4.54. The molecule has 2 rings (SSSR count). The average molecular weight is 305 g/mol. The number of thiazole rings is 1. The third-order valence-electron chi connectivity index (χ3n) is 1.67.